The quantitative estimate of drug-likeness (QED) is 0.281. The van der Waals surface area contributed by atoms with Gasteiger partial charge in [0.15, 0.2) is 0 Å². The van der Waals surface area contributed by atoms with Crippen LogP contribution in [0.3, 0.4) is 0 Å². The number of nitrogens with one attached hydrogen (secondary N) is 1. The van der Waals surface area contributed by atoms with Crippen LogP contribution >= 0.6 is 46.4 Å². The molecule has 0 radical (unpaired) electrons. The molecule has 0 aliphatic carbocycles. The first kappa shape index (κ1) is 28.3. The molecule has 0 fully saturated rings. The van der Waals surface area contributed by atoms with Crippen LogP contribution in [0.15, 0.2) is 66.7 Å². The molecule has 190 valence electrons. The minimum Gasteiger partial charge on any atom is -0.354 e. The number of halogens is 4. The third-order valence-corrected chi connectivity index (χ3v) is 7.00. The first-order valence-electron chi connectivity index (χ1n) is 11.6. The van der Waals surface area contributed by atoms with Gasteiger partial charge in [0.1, 0.15) is 6.04 Å². The Morgan fingerprint density at radius 3 is 2.14 bits per heavy atom. The normalized spacial score (nSPS) is 11.9. The van der Waals surface area contributed by atoms with Crippen molar-refractivity contribution in [2.45, 2.75) is 39.3 Å². The van der Waals surface area contributed by atoms with Gasteiger partial charge in [-0.25, -0.2) is 0 Å². The van der Waals surface area contributed by atoms with Crippen molar-refractivity contribution in [1.82, 2.24) is 10.2 Å². The zero-order valence-electron chi connectivity index (χ0n) is 20.1. The number of amides is 2. The molecule has 0 aromatic heterocycles. The molecule has 3 rings (SSSR count). The molecule has 0 bridgehead atoms. The number of hydrogen-bond acceptors (Lipinski definition) is 2. The van der Waals surface area contributed by atoms with Crippen LogP contribution in [0.2, 0.25) is 20.1 Å². The molecule has 0 saturated carbocycles. The second-order valence-electron chi connectivity index (χ2n) is 8.98. The topological polar surface area (TPSA) is 49.4 Å². The highest BCUT2D eigenvalue weighted by molar-refractivity contribution is 6.36. The molecule has 3 aromatic rings. The Bertz CT molecular complexity index is 1180. The lowest BCUT2D eigenvalue weighted by molar-refractivity contribution is -0.140. The van der Waals surface area contributed by atoms with Crippen molar-refractivity contribution in [3.05, 3.63) is 104 Å². The van der Waals surface area contributed by atoms with Gasteiger partial charge in [-0.1, -0.05) is 103 Å². The van der Waals surface area contributed by atoms with Crippen molar-refractivity contribution in [2.24, 2.45) is 5.92 Å². The van der Waals surface area contributed by atoms with E-state index in [1.807, 2.05) is 44.2 Å². The fourth-order valence-corrected chi connectivity index (χ4v) is 4.76. The molecule has 0 aliphatic rings. The molecule has 0 aliphatic heterocycles. The molecule has 0 saturated heterocycles. The van der Waals surface area contributed by atoms with E-state index in [0.717, 1.165) is 5.56 Å². The van der Waals surface area contributed by atoms with E-state index in [1.165, 1.54) is 0 Å². The molecule has 0 heterocycles. The van der Waals surface area contributed by atoms with Gasteiger partial charge in [0.2, 0.25) is 11.8 Å². The number of rotatable bonds is 10. The summed E-state index contributed by atoms with van der Waals surface area (Å²) in [6.07, 6.45) is 0.268. The molecule has 3 aromatic carbocycles. The van der Waals surface area contributed by atoms with Gasteiger partial charge >= 0.3 is 0 Å². The van der Waals surface area contributed by atoms with Crippen LogP contribution < -0.4 is 5.32 Å². The van der Waals surface area contributed by atoms with Gasteiger partial charge in [-0.2, -0.15) is 0 Å². The summed E-state index contributed by atoms with van der Waals surface area (Å²) in [7, 11) is 0. The van der Waals surface area contributed by atoms with Crippen LogP contribution in [0.1, 0.15) is 30.5 Å². The largest absolute Gasteiger partial charge is 0.354 e. The van der Waals surface area contributed by atoms with E-state index in [4.69, 9.17) is 46.4 Å². The average Bonchev–Trinajstić information content (AvgIpc) is 2.84. The lowest BCUT2D eigenvalue weighted by atomic mass is 10.0. The number of carbonyl (C=O) groups is 2. The van der Waals surface area contributed by atoms with Crippen LogP contribution in [0.5, 0.6) is 0 Å². The summed E-state index contributed by atoms with van der Waals surface area (Å²) in [5.74, 6) is -0.281. The van der Waals surface area contributed by atoms with E-state index in [-0.39, 0.29) is 30.7 Å². The Hall–Kier alpha value is -2.24. The molecule has 0 spiro atoms. The predicted molar refractivity (Wildman–Crippen MR) is 149 cm³/mol. The number of hydrogen-bond donors (Lipinski definition) is 1. The monoisotopic (exact) mass is 564 g/mol. The summed E-state index contributed by atoms with van der Waals surface area (Å²) in [6, 6.07) is 19.0. The van der Waals surface area contributed by atoms with E-state index in [1.54, 1.807) is 41.3 Å². The minimum absolute atomic E-state index is 0.0630. The summed E-state index contributed by atoms with van der Waals surface area (Å²) in [5.41, 5.74) is 2.12. The summed E-state index contributed by atoms with van der Waals surface area (Å²) < 4.78 is 0. The number of carbonyl (C=O) groups excluding carboxylic acids is 2. The third kappa shape index (κ3) is 7.88. The van der Waals surface area contributed by atoms with Crippen LogP contribution in [0, 0.1) is 5.92 Å². The molecular weight excluding hydrogens is 538 g/mol. The lowest BCUT2D eigenvalue weighted by Crippen LogP contribution is -2.51. The van der Waals surface area contributed by atoms with Crippen LogP contribution in [-0.4, -0.2) is 29.3 Å². The van der Waals surface area contributed by atoms with Crippen molar-refractivity contribution in [1.29, 1.82) is 0 Å². The van der Waals surface area contributed by atoms with Crippen molar-refractivity contribution in [3.63, 3.8) is 0 Å². The first-order valence-corrected chi connectivity index (χ1v) is 13.1. The molecule has 36 heavy (non-hydrogen) atoms. The Labute approximate surface area is 232 Å². The first-order chi connectivity index (χ1) is 17.2. The average molecular weight is 566 g/mol. The molecule has 1 N–H and O–H groups in total. The van der Waals surface area contributed by atoms with Crippen molar-refractivity contribution in [2.75, 3.05) is 6.54 Å². The standard InChI is InChI=1S/C28H28Cl4N2O2/c1-18(2)16-33-28(36)26(13-19-7-4-3-5-8-19)34(17-20-11-12-21(29)14-25(20)32)27(35)15-22-23(30)9-6-10-24(22)31/h3-12,14,18,26H,13,15-17H2,1-2H3,(H,33,36). The Morgan fingerprint density at radius 1 is 0.861 bits per heavy atom. The summed E-state index contributed by atoms with van der Waals surface area (Å²) in [6.45, 7) is 4.64. The highest BCUT2D eigenvalue weighted by Crippen LogP contribution is 2.28. The number of benzene rings is 3. The second-order valence-corrected chi connectivity index (χ2v) is 10.6. The minimum atomic E-state index is -0.786. The van der Waals surface area contributed by atoms with E-state index in [0.29, 0.717) is 44.2 Å². The molecule has 1 atom stereocenters. The van der Waals surface area contributed by atoms with Gasteiger partial charge in [0.25, 0.3) is 0 Å². The Morgan fingerprint density at radius 2 is 1.53 bits per heavy atom. The summed E-state index contributed by atoms with van der Waals surface area (Å²) >= 11 is 25.3. The van der Waals surface area contributed by atoms with Crippen LogP contribution in [0.4, 0.5) is 0 Å². The smallest absolute Gasteiger partial charge is 0.243 e. The predicted octanol–water partition coefficient (Wildman–Crippen LogP) is 7.26. The van der Waals surface area contributed by atoms with E-state index < -0.39 is 6.04 Å². The van der Waals surface area contributed by atoms with E-state index >= 15 is 0 Å². The SMILES string of the molecule is CC(C)CNC(=O)C(Cc1ccccc1)N(Cc1ccc(Cl)cc1Cl)C(=O)Cc1c(Cl)cccc1Cl. The zero-order valence-corrected chi connectivity index (χ0v) is 23.1. The fourth-order valence-electron chi connectivity index (χ4n) is 3.76. The molecule has 4 nitrogen and oxygen atoms in total. The van der Waals surface area contributed by atoms with Crippen molar-refractivity contribution >= 4 is 58.2 Å². The summed E-state index contributed by atoms with van der Waals surface area (Å²) in [5, 5.41) is 4.68. The zero-order chi connectivity index (χ0) is 26.2. The number of nitrogens with zero attached hydrogens (tertiary/aromatic N) is 1. The molecule has 2 amide bonds. The van der Waals surface area contributed by atoms with Gasteiger partial charge in [-0.15, -0.1) is 0 Å². The van der Waals surface area contributed by atoms with E-state index in [2.05, 4.69) is 5.32 Å². The molecular formula is C28H28Cl4N2O2. The van der Waals surface area contributed by atoms with Gasteiger partial charge < -0.3 is 10.2 Å². The lowest BCUT2D eigenvalue weighted by Gasteiger charge is -2.32. The van der Waals surface area contributed by atoms with Crippen LogP contribution in [0.25, 0.3) is 0 Å². The highest BCUT2D eigenvalue weighted by atomic mass is 35.5. The summed E-state index contributed by atoms with van der Waals surface area (Å²) in [4.78, 5) is 28.9. The third-order valence-electron chi connectivity index (χ3n) is 5.70. The van der Waals surface area contributed by atoms with Crippen LogP contribution in [-0.2, 0) is 29.0 Å². The van der Waals surface area contributed by atoms with E-state index in [9.17, 15) is 9.59 Å². The Kier molecular flexibility index (Phi) is 10.5. The van der Waals surface area contributed by atoms with Crippen molar-refractivity contribution < 1.29 is 9.59 Å². The maximum Gasteiger partial charge on any atom is 0.243 e. The van der Waals surface area contributed by atoms with Crippen molar-refractivity contribution in [3.8, 4) is 0 Å². The van der Waals surface area contributed by atoms with Gasteiger partial charge in [0, 0.05) is 39.6 Å². The van der Waals surface area contributed by atoms with Gasteiger partial charge in [-0.05, 0) is 46.9 Å². The molecule has 1 unspecified atom stereocenters. The maximum atomic E-state index is 13.8. The maximum absolute atomic E-state index is 13.8. The highest BCUT2D eigenvalue weighted by Gasteiger charge is 2.31. The fraction of sp³-hybridized carbons (Fsp3) is 0.286. The van der Waals surface area contributed by atoms with Gasteiger partial charge in [0.05, 0.1) is 6.42 Å². The molecule has 8 heteroatoms. The second kappa shape index (κ2) is 13.3. The van der Waals surface area contributed by atoms with Gasteiger partial charge in [-0.3, -0.25) is 9.59 Å². The Balaban J connectivity index is 2.02.